The Kier molecular flexibility index (Phi) is 2.69. The molecule has 11 heavy (non-hydrogen) atoms. The van der Waals surface area contributed by atoms with E-state index in [0.29, 0.717) is 0 Å². The van der Waals surface area contributed by atoms with E-state index in [1.807, 2.05) is 18.2 Å². The van der Waals surface area contributed by atoms with Crippen molar-refractivity contribution < 1.29 is 9.84 Å². The van der Waals surface area contributed by atoms with E-state index in [2.05, 4.69) is 6.58 Å². The Bertz CT molecular complexity index is 218. The molecule has 0 aliphatic carbocycles. The third kappa shape index (κ3) is 2.09. The van der Waals surface area contributed by atoms with Crippen LogP contribution in [0.25, 0.3) is 0 Å². The summed E-state index contributed by atoms with van der Waals surface area (Å²) in [5.41, 5.74) is 0.729. The monoisotopic (exact) mass is 150 g/mol. The molecule has 0 radical (unpaired) electrons. The van der Waals surface area contributed by atoms with Crippen LogP contribution in [-0.2, 0) is 4.74 Å². The standard InChI is InChI=1S/C9H10O2/c1-2-11-9(10)8-6-4-3-5-7-8/h2-7,9-10H,1H2. The second-order valence-corrected chi connectivity index (χ2v) is 2.07. The van der Waals surface area contributed by atoms with Gasteiger partial charge < -0.3 is 9.84 Å². The van der Waals surface area contributed by atoms with E-state index in [0.717, 1.165) is 5.56 Å². The molecule has 0 heterocycles. The van der Waals surface area contributed by atoms with E-state index >= 15 is 0 Å². The van der Waals surface area contributed by atoms with Crippen molar-refractivity contribution in [2.45, 2.75) is 6.29 Å². The quantitative estimate of drug-likeness (QED) is 0.526. The summed E-state index contributed by atoms with van der Waals surface area (Å²) < 4.78 is 4.75. The minimum absolute atomic E-state index is 0.729. The predicted molar refractivity (Wildman–Crippen MR) is 42.7 cm³/mol. The number of hydrogen-bond acceptors (Lipinski definition) is 2. The van der Waals surface area contributed by atoms with Crippen molar-refractivity contribution in [3.8, 4) is 0 Å². The third-order valence-corrected chi connectivity index (χ3v) is 1.31. The van der Waals surface area contributed by atoms with Crippen molar-refractivity contribution in [1.29, 1.82) is 0 Å². The van der Waals surface area contributed by atoms with Gasteiger partial charge in [0.15, 0.2) is 0 Å². The Morgan fingerprint density at radius 2 is 2.00 bits per heavy atom. The molecule has 2 nitrogen and oxygen atoms in total. The topological polar surface area (TPSA) is 29.5 Å². The van der Waals surface area contributed by atoms with Gasteiger partial charge in [0.25, 0.3) is 0 Å². The molecule has 1 aromatic rings. The van der Waals surface area contributed by atoms with Crippen LogP contribution in [0.3, 0.4) is 0 Å². The molecule has 58 valence electrons. The van der Waals surface area contributed by atoms with Crippen LogP contribution in [0.15, 0.2) is 43.2 Å². The molecule has 1 unspecified atom stereocenters. The Morgan fingerprint density at radius 1 is 1.36 bits per heavy atom. The van der Waals surface area contributed by atoms with E-state index in [1.54, 1.807) is 12.1 Å². The zero-order valence-electron chi connectivity index (χ0n) is 6.10. The molecule has 0 aromatic heterocycles. The normalized spacial score (nSPS) is 12.1. The molecule has 2 heteroatoms. The van der Waals surface area contributed by atoms with Crippen molar-refractivity contribution in [2.24, 2.45) is 0 Å². The number of rotatable bonds is 3. The molecule has 0 aliphatic rings. The largest absolute Gasteiger partial charge is 0.469 e. The number of hydrogen-bond donors (Lipinski definition) is 1. The second kappa shape index (κ2) is 3.78. The van der Waals surface area contributed by atoms with Gasteiger partial charge in [-0.3, -0.25) is 0 Å². The van der Waals surface area contributed by atoms with Gasteiger partial charge in [-0.1, -0.05) is 36.9 Å². The summed E-state index contributed by atoms with van der Waals surface area (Å²) in [6.45, 7) is 3.34. The first-order chi connectivity index (χ1) is 5.34. The molecule has 0 saturated carbocycles. The lowest BCUT2D eigenvalue weighted by molar-refractivity contribution is -0.0534. The van der Waals surface area contributed by atoms with Crippen LogP contribution >= 0.6 is 0 Å². The van der Waals surface area contributed by atoms with Crippen LogP contribution in [0.2, 0.25) is 0 Å². The van der Waals surface area contributed by atoms with Crippen molar-refractivity contribution in [1.82, 2.24) is 0 Å². The molecule has 0 bridgehead atoms. The Labute approximate surface area is 65.7 Å². The highest BCUT2D eigenvalue weighted by atomic mass is 16.6. The first kappa shape index (κ1) is 7.82. The van der Waals surface area contributed by atoms with Gasteiger partial charge in [-0.25, -0.2) is 0 Å². The van der Waals surface area contributed by atoms with Crippen molar-refractivity contribution in [2.75, 3.05) is 0 Å². The highest BCUT2D eigenvalue weighted by molar-refractivity contribution is 5.15. The molecule has 0 amide bonds. The molecule has 0 spiro atoms. The highest BCUT2D eigenvalue weighted by Gasteiger charge is 2.03. The lowest BCUT2D eigenvalue weighted by atomic mass is 10.2. The second-order valence-electron chi connectivity index (χ2n) is 2.07. The average Bonchev–Trinajstić information content (AvgIpc) is 2.07. The summed E-state index contributed by atoms with van der Waals surface area (Å²) in [7, 11) is 0. The Hall–Kier alpha value is -1.28. The summed E-state index contributed by atoms with van der Waals surface area (Å²) in [5, 5.41) is 9.23. The van der Waals surface area contributed by atoms with E-state index in [4.69, 9.17) is 4.74 Å². The van der Waals surface area contributed by atoms with Crippen LogP contribution in [0.1, 0.15) is 11.9 Å². The van der Waals surface area contributed by atoms with Crippen molar-refractivity contribution in [3.63, 3.8) is 0 Å². The first-order valence-corrected chi connectivity index (χ1v) is 3.34. The third-order valence-electron chi connectivity index (χ3n) is 1.31. The minimum atomic E-state index is -0.895. The van der Waals surface area contributed by atoms with Gasteiger partial charge >= 0.3 is 0 Å². The smallest absolute Gasteiger partial charge is 0.223 e. The van der Waals surface area contributed by atoms with Crippen LogP contribution < -0.4 is 0 Å². The zero-order chi connectivity index (χ0) is 8.10. The maximum Gasteiger partial charge on any atom is 0.223 e. The Balaban J connectivity index is 2.68. The molecule has 1 rings (SSSR count). The molecule has 1 aromatic carbocycles. The number of aliphatic hydroxyl groups is 1. The maximum absolute atomic E-state index is 9.23. The molecule has 0 saturated heterocycles. The van der Waals surface area contributed by atoms with Gasteiger partial charge in [0.2, 0.25) is 6.29 Å². The van der Waals surface area contributed by atoms with E-state index in [-0.39, 0.29) is 0 Å². The van der Waals surface area contributed by atoms with Gasteiger partial charge in [0.05, 0.1) is 6.26 Å². The van der Waals surface area contributed by atoms with Gasteiger partial charge in [-0.2, -0.15) is 0 Å². The number of ether oxygens (including phenoxy) is 1. The van der Waals surface area contributed by atoms with Gasteiger partial charge in [-0.05, 0) is 0 Å². The maximum atomic E-state index is 9.23. The van der Waals surface area contributed by atoms with Crippen molar-refractivity contribution >= 4 is 0 Å². The van der Waals surface area contributed by atoms with Crippen LogP contribution in [-0.4, -0.2) is 5.11 Å². The lowest BCUT2D eigenvalue weighted by Crippen LogP contribution is -1.97. The molecular weight excluding hydrogens is 140 g/mol. The van der Waals surface area contributed by atoms with E-state index in [9.17, 15) is 5.11 Å². The lowest BCUT2D eigenvalue weighted by Gasteiger charge is -2.08. The fourth-order valence-electron chi connectivity index (χ4n) is 0.787. The van der Waals surface area contributed by atoms with Crippen LogP contribution in [0, 0.1) is 0 Å². The van der Waals surface area contributed by atoms with Gasteiger partial charge in [0.1, 0.15) is 0 Å². The number of benzene rings is 1. The van der Waals surface area contributed by atoms with Crippen LogP contribution in [0.5, 0.6) is 0 Å². The highest BCUT2D eigenvalue weighted by Crippen LogP contribution is 2.12. The number of aliphatic hydroxyl groups excluding tert-OH is 1. The SMILES string of the molecule is C=COC(O)c1ccccc1. The molecular formula is C9H10O2. The zero-order valence-corrected chi connectivity index (χ0v) is 6.10. The molecule has 0 aliphatic heterocycles. The fourth-order valence-corrected chi connectivity index (χ4v) is 0.787. The van der Waals surface area contributed by atoms with E-state index < -0.39 is 6.29 Å². The molecule has 1 atom stereocenters. The fraction of sp³-hybridized carbons (Fsp3) is 0.111. The van der Waals surface area contributed by atoms with Gasteiger partial charge in [-0.15, -0.1) is 0 Å². The molecule has 1 N–H and O–H groups in total. The predicted octanol–water partition coefficient (Wildman–Crippen LogP) is 1.84. The van der Waals surface area contributed by atoms with Crippen molar-refractivity contribution in [3.05, 3.63) is 48.7 Å². The summed E-state index contributed by atoms with van der Waals surface area (Å²) >= 11 is 0. The van der Waals surface area contributed by atoms with Crippen LogP contribution in [0.4, 0.5) is 0 Å². The summed E-state index contributed by atoms with van der Waals surface area (Å²) in [6, 6.07) is 9.13. The first-order valence-electron chi connectivity index (χ1n) is 3.34. The summed E-state index contributed by atoms with van der Waals surface area (Å²) in [6.07, 6.45) is 0.325. The Morgan fingerprint density at radius 3 is 2.55 bits per heavy atom. The van der Waals surface area contributed by atoms with E-state index in [1.165, 1.54) is 6.26 Å². The van der Waals surface area contributed by atoms with Gasteiger partial charge in [0, 0.05) is 5.56 Å². The summed E-state index contributed by atoms with van der Waals surface area (Å²) in [4.78, 5) is 0. The summed E-state index contributed by atoms with van der Waals surface area (Å²) in [5.74, 6) is 0. The average molecular weight is 150 g/mol. The molecule has 0 fully saturated rings. The minimum Gasteiger partial charge on any atom is -0.469 e.